The molecular weight excluding hydrogens is 288 g/mol. The molecule has 122 valence electrons. The molecule has 0 aliphatic rings. The van der Waals surface area contributed by atoms with Gasteiger partial charge in [0.05, 0.1) is 0 Å². The molecule has 0 saturated heterocycles. The molecule has 0 spiro atoms. The van der Waals surface area contributed by atoms with Gasteiger partial charge in [0, 0.05) is 18.2 Å². The van der Waals surface area contributed by atoms with Gasteiger partial charge in [-0.2, -0.15) is 0 Å². The smallest absolute Gasteiger partial charge is 0.200 e. The van der Waals surface area contributed by atoms with Gasteiger partial charge in [-0.1, -0.05) is 26.8 Å². The van der Waals surface area contributed by atoms with E-state index in [1.165, 1.54) is 18.2 Å². The molecule has 6 heteroatoms. The molecule has 6 nitrogen and oxygen atoms in total. The maximum Gasteiger partial charge on any atom is 0.200 e. The van der Waals surface area contributed by atoms with E-state index >= 15 is 0 Å². The molecule has 0 saturated carbocycles. The Morgan fingerprint density at radius 3 is 1.14 bits per heavy atom. The lowest BCUT2D eigenvalue weighted by Crippen LogP contribution is -1.67. The molecule has 0 aromatic heterocycles. The van der Waals surface area contributed by atoms with Crippen molar-refractivity contribution in [2.75, 3.05) is 0 Å². The summed E-state index contributed by atoms with van der Waals surface area (Å²) in [6.07, 6.45) is 0. The summed E-state index contributed by atoms with van der Waals surface area (Å²) in [4.78, 5) is 0. The topological polar surface area (TPSA) is 121 Å². The number of phenols is 6. The van der Waals surface area contributed by atoms with Crippen LogP contribution in [0.5, 0.6) is 34.5 Å². The standard InChI is InChI=1S/2C6H6O3.C4H10/c7-4-1-5(8)3-6(9)2-4;7-4-2-1-3-5(8)6(4)9;1-4(2)3/h2*1-3,7-9H;4H,1-3H3. The molecule has 22 heavy (non-hydrogen) atoms. The number of benzene rings is 2. The lowest BCUT2D eigenvalue weighted by Gasteiger charge is -1.96. The third kappa shape index (κ3) is 8.42. The van der Waals surface area contributed by atoms with Crippen molar-refractivity contribution in [3.63, 3.8) is 0 Å². The zero-order valence-electron chi connectivity index (χ0n) is 12.7. The summed E-state index contributed by atoms with van der Waals surface area (Å²) in [6, 6.07) is 7.42. The van der Waals surface area contributed by atoms with Crippen molar-refractivity contribution in [2.24, 2.45) is 5.92 Å². The maximum atomic E-state index is 8.71. The largest absolute Gasteiger partial charge is 0.508 e. The van der Waals surface area contributed by atoms with E-state index in [0.717, 1.165) is 24.1 Å². The van der Waals surface area contributed by atoms with E-state index < -0.39 is 5.75 Å². The SMILES string of the molecule is CC(C)C.Oc1cc(O)cc(O)c1.Oc1cccc(O)c1O. The number of hydrogen-bond donors (Lipinski definition) is 6. The molecular formula is C16H22O6. The highest BCUT2D eigenvalue weighted by molar-refractivity contribution is 5.47. The van der Waals surface area contributed by atoms with Crippen LogP contribution in [0.2, 0.25) is 0 Å². The molecule has 0 bridgehead atoms. The van der Waals surface area contributed by atoms with Crippen LogP contribution in [0.25, 0.3) is 0 Å². The summed E-state index contributed by atoms with van der Waals surface area (Å²) in [7, 11) is 0. The van der Waals surface area contributed by atoms with Crippen molar-refractivity contribution in [2.45, 2.75) is 20.8 Å². The Morgan fingerprint density at radius 2 is 0.909 bits per heavy atom. The normalized spacial score (nSPS) is 9.27. The highest BCUT2D eigenvalue weighted by atomic mass is 16.3. The van der Waals surface area contributed by atoms with Crippen LogP contribution in [0, 0.1) is 5.92 Å². The maximum absolute atomic E-state index is 8.71. The van der Waals surface area contributed by atoms with Gasteiger partial charge >= 0.3 is 0 Å². The fraction of sp³-hybridized carbons (Fsp3) is 0.250. The lowest BCUT2D eigenvalue weighted by atomic mass is 10.3. The fourth-order valence-electron chi connectivity index (χ4n) is 1.10. The Morgan fingerprint density at radius 1 is 0.636 bits per heavy atom. The number of phenolic OH excluding ortho intramolecular Hbond substituents is 6. The van der Waals surface area contributed by atoms with Gasteiger partial charge in [-0.15, -0.1) is 0 Å². The summed E-state index contributed by atoms with van der Waals surface area (Å²) in [5.41, 5.74) is 0. The van der Waals surface area contributed by atoms with Gasteiger partial charge in [-0.3, -0.25) is 0 Å². The van der Waals surface area contributed by atoms with Crippen LogP contribution in [0.1, 0.15) is 20.8 Å². The zero-order valence-corrected chi connectivity index (χ0v) is 12.7. The lowest BCUT2D eigenvalue weighted by molar-refractivity contribution is 0.368. The first-order valence-electron chi connectivity index (χ1n) is 6.55. The van der Waals surface area contributed by atoms with E-state index in [1.54, 1.807) is 0 Å². The molecule has 2 aromatic rings. The Kier molecular flexibility index (Phi) is 8.07. The van der Waals surface area contributed by atoms with Crippen LogP contribution < -0.4 is 0 Å². The van der Waals surface area contributed by atoms with E-state index in [4.69, 9.17) is 30.6 Å². The summed E-state index contributed by atoms with van der Waals surface area (Å²) < 4.78 is 0. The van der Waals surface area contributed by atoms with E-state index in [0.29, 0.717) is 0 Å². The van der Waals surface area contributed by atoms with Crippen LogP contribution in [0.4, 0.5) is 0 Å². The predicted octanol–water partition coefficient (Wildman–Crippen LogP) is 3.27. The highest BCUT2D eigenvalue weighted by Crippen LogP contribution is 2.32. The third-order valence-corrected chi connectivity index (χ3v) is 1.88. The monoisotopic (exact) mass is 310 g/mol. The van der Waals surface area contributed by atoms with Crippen LogP contribution >= 0.6 is 0 Å². The molecule has 0 radical (unpaired) electrons. The molecule has 0 aliphatic carbocycles. The average Bonchev–Trinajstić information content (AvgIpc) is 2.34. The Hall–Kier alpha value is -2.76. The highest BCUT2D eigenvalue weighted by Gasteiger charge is 2.01. The summed E-state index contributed by atoms with van der Waals surface area (Å²) in [5, 5.41) is 52.1. The molecule has 0 heterocycles. The predicted molar refractivity (Wildman–Crippen MR) is 83.4 cm³/mol. The van der Waals surface area contributed by atoms with E-state index in [2.05, 4.69) is 20.8 Å². The van der Waals surface area contributed by atoms with Gasteiger partial charge in [0.25, 0.3) is 0 Å². The quantitative estimate of drug-likeness (QED) is 0.415. The molecule has 0 amide bonds. The minimum absolute atomic E-state index is 0.146. The van der Waals surface area contributed by atoms with Gasteiger partial charge in [-0.25, -0.2) is 0 Å². The number of para-hydroxylation sites is 1. The van der Waals surface area contributed by atoms with Gasteiger partial charge in [0.2, 0.25) is 0 Å². The summed E-state index contributed by atoms with van der Waals surface area (Å²) in [5.74, 6) is -0.699. The zero-order chi connectivity index (χ0) is 17.3. The van der Waals surface area contributed by atoms with E-state index in [-0.39, 0.29) is 28.7 Å². The van der Waals surface area contributed by atoms with E-state index in [1.807, 2.05) is 0 Å². The first kappa shape index (κ1) is 19.2. The third-order valence-electron chi connectivity index (χ3n) is 1.88. The van der Waals surface area contributed by atoms with Crippen LogP contribution in [-0.2, 0) is 0 Å². The van der Waals surface area contributed by atoms with Gasteiger partial charge in [0.15, 0.2) is 17.2 Å². The second-order valence-electron chi connectivity index (χ2n) is 5.08. The van der Waals surface area contributed by atoms with Crippen LogP contribution in [-0.4, -0.2) is 30.6 Å². The molecule has 0 aliphatic heterocycles. The number of aromatic hydroxyl groups is 6. The van der Waals surface area contributed by atoms with Crippen molar-refractivity contribution in [1.29, 1.82) is 0 Å². The number of hydrogen-bond acceptors (Lipinski definition) is 6. The van der Waals surface area contributed by atoms with Crippen molar-refractivity contribution in [1.82, 2.24) is 0 Å². The minimum Gasteiger partial charge on any atom is -0.508 e. The number of rotatable bonds is 0. The average molecular weight is 310 g/mol. The Balaban J connectivity index is 0.000000326. The van der Waals surface area contributed by atoms with Crippen molar-refractivity contribution in [3.8, 4) is 34.5 Å². The first-order valence-corrected chi connectivity index (χ1v) is 6.55. The van der Waals surface area contributed by atoms with Gasteiger partial charge < -0.3 is 30.6 Å². The van der Waals surface area contributed by atoms with Crippen molar-refractivity contribution in [3.05, 3.63) is 36.4 Å². The van der Waals surface area contributed by atoms with Gasteiger partial charge in [0.1, 0.15) is 17.2 Å². The summed E-state index contributed by atoms with van der Waals surface area (Å²) >= 11 is 0. The molecule has 0 fully saturated rings. The molecule has 0 atom stereocenters. The molecule has 2 rings (SSSR count). The second kappa shape index (κ2) is 9.23. The first-order chi connectivity index (χ1) is 10.1. The van der Waals surface area contributed by atoms with Crippen molar-refractivity contribution >= 4 is 0 Å². The molecule has 2 aromatic carbocycles. The molecule has 0 unspecified atom stereocenters. The van der Waals surface area contributed by atoms with Crippen LogP contribution in [0.15, 0.2) is 36.4 Å². The Labute approximate surface area is 129 Å². The Bertz CT molecular complexity index is 507. The summed E-state index contributed by atoms with van der Waals surface area (Å²) in [6.45, 7) is 6.50. The van der Waals surface area contributed by atoms with Crippen molar-refractivity contribution < 1.29 is 30.6 Å². The van der Waals surface area contributed by atoms with E-state index in [9.17, 15) is 0 Å². The minimum atomic E-state index is -0.475. The van der Waals surface area contributed by atoms with Gasteiger partial charge in [-0.05, 0) is 18.1 Å². The fourth-order valence-corrected chi connectivity index (χ4v) is 1.10. The second-order valence-corrected chi connectivity index (χ2v) is 5.08. The molecule has 6 N–H and O–H groups in total. The van der Waals surface area contributed by atoms with Crippen LogP contribution in [0.3, 0.4) is 0 Å².